The summed E-state index contributed by atoms with van der Waals surface area (Å²) in [6, 6.07) is 14.9. The summed E-state index contributed by atoms with van der Waals surface area (Å²) < 4.78 is 11.2. The number of hydrogen-bond donors (Lipinski definition) is 0. The van der Waals surface area contributed by atoms with Gasteiger partial charge in [0.05, 0.1) is 14.2 Å². The van der Waals surface area contributed by atoms with E-state index in [1.165, 1.54) is 49.2 Å². The summed E-state index contributed by atoms with van der Waals surface area (Å²) in [5.74, 6) is 2.80. The topological polar surface area (TPSA) is 24.9 Å². The summed E-state index contributed by atoms with van der Waals surface area (Å²) in [5, 5.41) is 0. The van der Waals surface area contributed by atoms with Crippen molar-refractivity contribution in [3.63, 3.8) is 0 Å². The van der Waals surface area contributed by atoms with Crippen LogP contribution in [0.3, 0.4) is 0 Å². The second kappa shape index (κ2) is 8.97. The molecule has 4 heteroatoms. The fourth-order valence-corrected chi connectivity index (χ4v) is 4.74. The monoisotopic (exact) mass is 380 g/mol. The Morgan fingerprint density at radius 2 is 1.50 bits per heavy atom. The van der Waals surface area contributed by atoms with Crippen molar-refractivity contribution in [2.24, 2.45) is 5.92 Å². The van der Waals surface area contributed by atoms with E-state index in [1.807, 2.05) is 12.1 Å². The van der Waals surface area contributed by atoms with E-state index in [1.54, 1.807) is 14.2 Å². The molecule has 0 atom stereocenters. The highest BCUT2D eigenvalue weighted by atomic mass is 16.5. The fourth-order valence-electron chi connectivity index (χ4n) is 4.74. The van der Waals surface area contributed by atoms with Gasteiger partial charge in [-0.1, -0.05) is 30.3 Å². The summed E-state index contributed by atoms with van der Waals surface area (Å²) >= 11 is 0. The lowest BCUT2D eigenvalue weighted by atomic mass is 9.93. The fraction of sp³-hybridized carbons (Fsp3) is 0.500. The minimum atomic E-state index is 0.796. The normalized spacial score (nSPS) is 18.6. The summed E-state index contributed by atoms with van der Waals surface area (Å²) in [6.45, 7) is 6.78. The van der Waals surface area contributed by atoms with Crippen LogP contribution in [0.1, 0.15) is 29.5 Å². The number of ether oxygens (including phenoxy) is 2. The average molecular weight is 381 g/mol. The number of nitrogens with zero attached hydrogens (tertiary/aromatic N) is 2. The molecule has 2 aliphatic rings. The first-order chi connectivity index (χ1) is 13.8. The van der Waals surface area contributed by atoms with E-state index in [9.17, 15) is 0 Å². The average Bonchev–Trinajstić information content (AvgIpc) is 2.75. The van der Waals surface area contributed by atoms with Gasteiger partial charge in [-0.2, -0.15) is 0 Å². The Balaban J connectivity index is 1.32. The summed E-state index contributed by atoms with van der Waals surface area (Å²) in [7, 11) is 3.53. The molecule has 0 amide bonds. The molecule has 0 aliphatic carbocycles. The highest BCUT2D eigenvalue weighted by molar-refractivity contribution is 5.49. The molecule has 28 heavy (non-hydrogen) atoms. The third-order valence-corrected chi connectivity index (χ3v) is 6.32. The SMILES string of the molecule is COc1ccc(OC)c2c1CCN(CC1CCN(Cc3ccccc3)CC1)C2. The van der Waals surface area contributed by atoms with E-state index >= 15 is 0 Å². The molecule has 2 aromatic carbocycles. The largest absolute Gasteiger partial charge is 0.496 e. The van der Waals surface area contributed by atoms with E-state index in [2.05, 4.69) is 40.1 Å². The lowest BCUT2D eigenvalue weighted by Gasteiger charge is -2.37. The molecule has 2 heterocycles. The van der Waals surface area contributed by atoms with Gasteiger partial charge in [-0.25, -0.2) is 0 Å². The van der Waals surface area contributed by atoms with E-state index in [0.717, 1.165) is 43.5 Å². The van der Waals surface area contributed by atoms with Crippen LogP contribution in [0.2, 0.25) is 0 Å². The smallest absolute Gasteiger partial charge is 0.123 e. The molecule has 0 radical (unpaired) electrons. The van der Waals surface area contributed by atoms with E-state index in [4.69, 9.17) is 9.47 Å². The predicted octanol–water partition coefficient (Wildman–Crippen LogP) is 3.97. The molecular formula is C24H32N2O2. The van der Waals surface area contributed by atoms with Gasteiger partial charge in [-0.3, -0.25) is 9.80 Å². The van der Waals surface area contributed by atoms with Crippen molar-refractivity contribution in [1.82, 2.24) is 9.80 Å². The zero-order valence-electron chi connectivity index (χ0n) is 17.2. The van der Waals surface area contributed by atoms with Gasteiger partial charge in [0.25, 0.3) is 0 Å². The minimum absolute atomic E-state index is 0.796. The quantitative estimate of drug-likeness (QED) is 0.757. The van der Waals surface area contributed by atoms with Gasteiger partial charge in [0.1, 0.15) is 11.5 Å². The second-order valence-corrected chi connectivity index (χ2v) is 8.12. The minimum Gasteiger partial charge on any atom is -0.496 e. The standard InChI is InChI=1S/C24H32N2O2/c1-27-23-8-9-24(28-2)22-18-26(15-12-21(22)23)17-20-10-13-25(14-11-20)16-19-6-4-3-5-7-19/h3-9,20H,10-18H2,1-2H3. The Labute approximate surface area is 169 Å². The highest BCUT2D eigenvalue weighted by Gasteiger charge is 2.26. The maximum Gasteiger partial charge on any atom is 0.123 e. The van der Waals surface area contributed by atoms with Crippen LogP contribution >= 0.6 is 0 Å². The second-order valence-electron chi connectivity index (χ2n) is 8.12. The number of rotatable bonds is 6. The first-order valence-electron chi connectivity index (χ1n) is 10.5. The number of hydrogen-bond acceptors (Lipinski definition) is 4. The number of fused-ring (bicyclic) bond motifs is 1. The van der Waals surface area contributed by atoms with Crippen molar-refractivity contribution in [1.29, 1.82) is 0 Å². The van der Waals surface area contributed by atoms with Gasteiger partial charge in [0, 0.05) is 37.3 Å². The molecule has 0 aromatic heterocycles. The van der Waals surface area contributed by atoms with Crippen LogP contribution in [0.25, 0.3) is 0 Å². The van der Waals surface area contributed by atoms with Gasteiger partial charge in [0.15, 0.2) is 0 Å². The molecule has 150 valence electrons. The van der Waals surface area contributed by atoms with Gasteiger partial charge >= 0.3 is 0 Å². The van der Waals surface area contributed by atoms with Crippen molar-refractivity contribution < 1.29 is 9.47 Å². The molecule has 1 fully saturated rings. The zero-order chi connectivity index (χ0) is 19.3. The number of methoxy groups -OCH3 is 2. The van der Waals surface area contributed by atoms with E-state index < -0.39 is 0 Å². The summed E-state index contributed by atoms with van der Waals surface area (Å²) in [4.78, 5) is 5.22. The summed E-state index contributed by atoms with van der Waals surface area (Å²) in [5.41, 5.74) is 4.07. The van der Waals surface area contributed by atoms with Gasteiger partial charge in [-0.05, 0) is 56.0 Å². The van der Waals surface area contributed by atoms with E-state index in [-0.39, 0.29) is 0 Å². The van der Waals surface area contributed by atoms with Crippen molar-refractivity contribution in [3.8, 4) is 11.5 Å². The van der Waals surface area contributed by atoms with Crippen LogP contribution in [0.4, 0.5) is 0 Å². The molecule has 0 bridgehead atoms. The van der Waals surface area contributed by atoms with Crippen molar-refractivity contribution in [3.05, 3.63) is 59.2 Å². The molecule has 4 nitrogen and oxygen atoms in total. The van der Waals surface area contributed by atoms with Crippen molar-refractivity contribution in [2.45, 2.75) is 32.4 Å². The number of benzene rings is 2. The Hall–Kier alpha value is -2.04. The van der Waals surface area contributed by atoms with Crippen molar-refractivity contribution >= 4 is 0 Å². The van der Waals surface area contributed by atoms with Crippen molar-refractivity contribution in [2.75, 3.05) is 40.4 Å². The van der Waals surface area contributed by atoms with Gasteiger partial charge < -0.3 is 9.47 Å². The Morgan fingerprint density at radius 1 is 0.821 bits per heavy atom. The highest BCUT2D eigenvalue weighted by Crippen LogP contribution is 2.35. The van der Waals surface area contributed by atoms with Crippen LogP contribution in [0.5, 0.6) is 11.5 Å². The molecule has 2 aliphatic heterocycles. The van der Waals surface area contributed by atoms with Gasteiger partial charge in [-0.15, -0.1) is 0 Å². The Kier molecular flexibility index (Phi) is 6.18. The predicted molar refractivity (Wildman–Crippen MR) is 113 cm³/mol. The Morgan fingerprint density at radius 3 is 2.18 bits per heavy atom. The third kappa shape index (κ3) is 4.34. The first-order valence-corrected chi connectivity index (χ1v) is 10.5. The maximum atomic E-state index is 5.63. The van der Waals surface area contributed by atoms with E-state index in [0.29, 0.717) is 0 Å². The molecule has 0 N–H and O–H groups in total. The Bertz CT molecular complexity index is 770. The molecule has 4 rings (SSSR count). The molecule has 0 unspecified atom stereocenters. The lowest BCUT2D eigenvalue weighted by molar-refractivity contribution is 0.131. The van der Waals surface area contributed by atoms with Crippen LogP contribution in [0.15, 0.2) is 42.5 Å². The molecular weight excluding hydrogens is 348 g/mol. The van der Waals surface area contributed by atoms with Crippen LogP contribution < -0.4 is 9.47 Å². The first kappa shape index (κ1) is 19.3. The molecule has 0 saturated carbocycles. The van der Waals surface area contributed by atoms with Crippen LogP contribution in [-0.2, 0) is 19.5 Å². The molecule has 2 aromatic rings. The lowest BCUT2D eigenvalue weighted by Crippen LogP contribution is -2.40. The maximum absolute atomic E-state index is 5.63. The summed E-state index contributed by atoms with van der Waals surface area (Å²) in [6.07, 6.45) is 3.64. The van der Waals surface area contributed by atoms with Crippen LogP contribution in [-0.4, -0.2) is 50.2 Å². The third-order valence-electron chi connectivity index (χ3n) is 6.32. The number of piperidine rings is 1. The molecule has 0 spiro atoms. The zero-order valence-corrected chi connectivity index (χ0v) is 17.2. The molecule has 1 saturated heterocycles. The van der Waals surface area contributed by atoms with Crippen LogP contribution in [0, 0.1) is 5.92 Å². The van der Waals surface area contributed by atoms with Gasteiger partial charge in [0.2, 0.25) is 0 Å². The number of likely N-dealkylation sites (tertiary alicyclic amines) is 1.